The van der Waals surface area contributed by atoms with Gasteiger partial charge in [0, 0.05) is 29.5 Å². The van der Waals surface area contributed by atoms with E-state index in [0.29, 0.717) is 23.9 Å². The number of fused-ring (bicyclic) bond motifs is 1. The topological polar surface area (TPSA) is 89.9 Å². The van der Waals surface area contributed by atoms with Crippen molar-refractivity contribution in [1.82, 2.24) is 20.2 Å². The second kappa shape index (κ2) is 7.97. The van der Waals surface area contributed by atoms with Gasteiger partial charge in [0.25, 0.3) is 0 Å². The summed E-state index contributed by atoms with van der Waals surface area (Å²) in [5.41, 5.74) is 0. The van der Waals surface area contributed by atoms with Crippen LogP contribution >= 0.6 is 34.4 Å². The number of methoxy groups -OCH3 is 1. The summed E-state index contributed by atoms with van der Waals surface area (Å²) >= 11 is 4.52. The van der Waals surface area contributed by atoms with Crippen molar-refractivity contribution in [1.29, 1.82) is 0 Å². The Morgan fingerprint density at radius 2 is 2.21 bits per heavy atom. The third kappa shape index (κ3) is 4.26. The lowest BCUT2D eigenvalue weighted by atomic mass is 10.4. The molecular formula is C14H15N5O2S3. The van der Waals surface area contributed by atoms with Gasteiger partial charge in [-0.1, -0.05) is 11.3 Å². The van der Waals surface area contributed by atoms with Gasteiger partial charge in [-0.3, -0.25) is 4.79 Å². The van der Waals surface area contributed by atoms with E-state index in [-0.39, 0.29) is 5.91 Å². The van der Waals surface area contributed by atoms with E-state index < -0.39 is 0 Å². The second-order valence-electron chi connectivity index (χ2n) is 4.84. The number of hydrogen-bond donors (Lipinski definition) is 1. The van der Waals surface area contributed by atoms with Crippen LogP contribution in [0.2, 0.25) is 0 Å². The molecule has 0 unspecified atom stereocenters. The number of amides is 1. The van der Waals surface area contributed by atoms with Crippen molar-refractivity contribution in [2.45, 2.75) is 25.0 Å². The van der Waals surface area contributed by atoms with Gasteiger partial charge in [-0.05, 0) is 13.0 Å². The molecule has 10 heteroatoms. The van der Waals surface area contributed by atoms with Crippen LogP contribution in [0.4, 0.5) is 5.13 Å². The van der Waals surface area contributed by atoms with Crippen LogP contribution in [0.25, 0.3) is 10.2 Å². The molecule has 0 bridgehead atoms. The molecule has 3 rings (SSSR count). The molecule has 0 aliphatic carbocycles. The minimum Gasteiger partial charge on any atom is -0.377 e. The van der Waals surface area contributed by atoms with Gasteiger partial charge in [0.15, 0.2) is 0 Å². The predicted molar refractivity (Wildman–Crippen MR) is 96.7 cm³/mol. The quantitative estimate of drug-likeness (QED) is 0.497. The molecule has 0 saturated carbocycles. The van der Waals surface area contributed by atoms with Crippen LogP contribution in [0.15, 0.2) is 17.4 Å². The highest BCUT2D eigenvalue weighted by Gasteiger charge is 2.11. The Morgan fingerprint density at radius 1 is 1.33 bits per heavy atom. The molecule has 3 aromatic heterocycles. The summed E-state index contributed by atoms with van der Waals surface area (Å²) in [4.78, 5) is 22.8. The molecule has 7 nitrogen and oxygen atoms in total. The Bertz CT molecular complexity index is 848. The normalized spacial score (nSPS) is 11.1. The number of anilines is 1. The summed E-state index contributed by atoms with van der Waals surface area (Å²) in [6.07, 6.45) is 1.94. The number of rotatable bonds is 7. The summed E-state index contributed by atoms with van der Waals surface area (Å²) in [6.45, 7) is 2.45. The van der Waals surface area contributed by atoms with Crippen molar-refractivity contribution in [2.24, 2.45) is 0 Å². The van der Waals surface area contributed by atoms with Crippen LogP contribution in [0.5, 0.6) is 0 Å². The Kier molecular flexibility index (Phi) is 5.72. The van der Waals surface area contributed by atoms with Gasteiger partial charge < -0.3 is 10.1 Å². The number of hydrogen-bond acceptors (Lipinski definition) is 9. The smallest absolute Gasteiger partial charge is 0.227 e. The second-order valence-corrected chi connectivity index (χ2v) is 8.22. The Labute approximate surface area is 150 Å². The molecule has 1 N–H and O–H groups in total. The number of ether oxygens (including phenoxy) is 1. The lowest BCUT2D eigenvalue weighted by molar-refractivity contribution is -0.115. The van der Waals surface area contributed by atoms with Crippen molar-refractivity contribution in [3.8, 4) is 0 Å². The van der Waals surface area contributed by atoms with E-state index in [9.17, 15) is 4.79 Å². The number of nitrogens with zero attached hydrogens (tertiary/aromatic N) is 4. The molecule has 0 atom stereocenters. The number of thiophene rings is 1. The standard InChI is InChI=1S/C14H15N5O2S3/c1-8-5-9-12(15-7-16-13(9)23-8)22-4-3-10(20)17-14-19-18-11(24-14)6-21-2/h5,7H,3-4,6H2,1-2H3,(H,17,19,20). The van der Waals surface area contributed by atoms with E-state index in [4.69, 9.17) is 4.74 Å². The van der Waals surface area contributed by atoms with Crippen molar-refractivity contribution >= 4 is 55.7 Å². The number of aryl methyl sites for hydroxylation is 1. The Hall–Kier alpha value is -1.62. The monoisotopic (exact) mass is 381 g/mol. The maximum absolute atomic E-state index is 12.0. The first-order valence-electron chi connectivity index (χ1n) is 7.11. The highest BCUT2D eigenvalue weighted by Crippen LogP contribution is 2.30. The highest BCUT2D eigenvalue weighted by molar-refractivity contribution is 7.99. The van der Waals surface area contributed by atoms with Crippen LogP contribution in [0.1, 0.15) is 16.3 Å². The Balaban J connectivity index is 1.52. The van der Waals surface area contributed by atoms with Crippen LogP contribution in [-0.4, -0.2) is 38.9 Å². The zero-order valence-corrected chi connectivity index (χ0v) is 15.6. The molecule has 24 heavy (non-hydrogen) atoms. The fraction of sp³-hybridized carbons (Fsp3) is 0.357. The average Bonchev–Trinajstić information content (AvgIpc) is 3.13. The van der Waals surface area contributed by atoms with Gasteiger partial charge in [-0.15, -0.1) is 33.3 Å². The minimum absolute atomic E-state index is 0.0885. The van der Waals surface area contributed by atoms with E-state index in [0.717, 1.165) is 20.3 Å². The van der Waals surface area contributed by atoms with Gasteiger partial charge in [0.1, 0.15) is 27.8 Å². The summed E-state index contributed by atoms with van der Waals surface area (Å²) in [5, 5.41) is 13.8. The molecule has 0 fully saturated rings. The third-order valence-corrected chi connectivity index (χ3v) is 5.74. The van der Waals surface area contributed by atoms with Crippen molar-refractivity contribution in [3.05, 3.63) is 22.3 Å². The fourth-order valence-corrected chi connectivity index (χ4v) is 4.53. The van der Waals surface area contributed by atoms with E-state index >= 15 is 0 Å². The summed E-state index contributed by atoms with van der Waals surface area (Å²) in [5.74, 6) is 0.547. The first-order chi connectivity index (χ1) is 11.7. The summed E-state index contributed by atoms with van der Waals surface area (Å²) in [6, 6.07) is 2.08. The molecule has 0 saturated heterocycles. The number of aromatic nitrogens is 4. The van der Waals surface area contributed by atoms with Crippen molar-refractivity contribution in [2.75, 3.05) is 18.2 Å². The lowest BCUT2D eigenvalue weighted by Gasteiger charge is -2.02. The van der Waals surface area contributed by atoms with Crippen molar-refractivity contribution < 1.29 is 9.53 Å². The van der Waals surface area contributed by atoms with E-state index in [1.807, 2.05) is 6.92 Å². The zero-order valence-electron chi connectivity index (χ0n) is 13.1. The van der Waals surface area contributed by atoms with E-state index in [2.05, 4.69) is 31.5 Å². The first-order valence-corrected chi connectivity index (χ1v) is 9.72. The maximum Gasteiger partial charge on any atom is 0.227 e. The lowest BCUT2D eigenvalue weighted by Crippen LogP contribution is -2.12. The average molecular weight is 382 g/mol. The molecule has 3 heterocycles. The molecule has 0 aliphatic rings. The minimum atomic E-state index is -0.0885. The third-order valence-electron chi connectivity index (χ3n) is 2.96. The predicted octanol–water partition coefficient (Wildman–Crippen LogP) is 3.12. The zero-order chi connectivity index (χ0) is 16.9. The van der Waals surface area contributed by atoms with Crippen LogP contribution in [0, 0.1) is 6.92 Å². The molecule has 3 aromatic rings. The largest absolute Gasteiger partial charge is 0.377 e. The maximum atomic E-state index is 12.0. The van der Waals surface area contributed by atoms with Crippen LogP contribution in [0.3, 0.4) is 0 Å². The highest BCUT2D eigenvalue weighted by atomic mass is 32.2. The number of nitrogens with one attached hydrogen (secondary N) is 1. The molecule has 0 spiro atoms. The van der Waals surface area contributed by atoms with Crippen molar-refractivity contribution in [3.63, 3.8) is 0 Å². The van der Waals surface area contributed by atoms with Gasteiger partial charge in [0.2, 0.25) is 11.0 Å². The van der Waals surface area contributed by atoms with Gasteiger partial charge in [-0.2, -0.15) is 0 Å². The summed E-state index contributed by atoms with van der Waals surface area (Å²) < 4.78 is 4.98. The molecule has 0 aliphatic heterocycles. The fourth-order valence-electron chi connectivity index (χ4n) is 1.98. The van der Waals surface area contributed by atoms with Crippen LogP contribution in [-0.2, 0) is 16.1 Å². The summed E-state index contributed by atoms with van der Waals surface area (Å²) in [7, 11) is 1.59. The Morgan fingerprint density at radius 3 is 3.04 bits per heavy atom. The van der Waals surface area contributed by atoms with Gasteiger partial charge >= 0.3 is 0 Å². The number of carbonyl (C=O) groups is 1. The molecule has 1 amide bonds. The molecular weight excluding hydrogens is 366 g/mol. The number of carbonyl (C=O) groups excluding carboxylic acids is 1. The van der Waals surface area contributed by atoms with Gasteiger partial charge in [0.05, 0.1) is 0 Å². The molecule has 126 valence electrons. The van der Waals surface area contributed by atoms with E-state index in [1.54, 1.807) is 36.5 Å². The first kappa shape index (κ1) is 17.2. The van der Waals surface area contributed by atoms with E-state index in [1.165, 1.54) is 16.2 Å². The number of thioether (sulfide) groups is 1. The molecule has 0 radical (unpaired) electrons. The van der Waals surface area contributed by atoms with Gasteiger partial charge in [-0.25, -0.2) is 9.97 Å². The molecule has 0 aromatic carbocycles. The SMILES string of the molecule is COCc1nnc(NC(=O)CCSc2ncnc3sc(C)cc23)s1. The van der Waals surface area contributed by atoms with Crippen LogP contribution < -0.4 is 5.32 Å².